The maximum absolute atomic E-state index is 7.62. The van der Waals surface area contributed by atoms with Crippen molar-refractivity contribution in [3.8, 4) is 0 Å². The third-order valence-electron chi connectivity index (χ3n) is 1.64. The van der Waals surface area contributed by atoms with Crippen LogP contribution in [0.4, 0.5) is 0 Å². The van der Waals surface area contributed by atoms with Crippen LogP contribution >= 0.6 is 0 Å². The topological polar surface area (TPSA) is 49.7 Å². The molecule has 1 rings (SSSR count). The van der Waals surface area contributed by atoms with Crippen molar-refractivity contribution in [1.82, 2.24) is 0 Å². The van der Waals surface area contributed by atoms with E-state index in [1.807, 2.05) is 27.7 Å². The van der Waals surface area contributed by atoms with Crippen LogP contribution in [0.25, 0.3) is 0 Å². The third kappa shape index (κ3) is 24.8. The molecule has 1 fully saturated rings. The zero-order chi connectivity index (χ0) is 12.1. The molecule has 15 heavy (non-hydrogen) atoms. The van der Waals surface area contributed by atoms with Gasteiger partial charge in [0.2, 0.25) is 0 Å². The molecule has 0 unspecified atom stereocenters. The van der Waals surface area contributed by atoms with E-state index >= 15 is 0 Å². The molecule has 3 heteroatoms. The second-order valence-electron chi connectivity index (χ2n) is 4.10. The molecule has 2 N–H and O–H groups in total. The Kier molecular flexibility index (Phi) is 16.0. The van der Waals surface area contributed by atoms with E-state index in [-0.39, 0.29) is 13.2 Å². The van der Waals surface area contributed by atoms with Gasteiger partial charge >= 0.3 is 0 Å². The molecular formula is C12H28O3. The highest BCUT2D eigenvalue weighted by molar-refractivity contribution is 4.50. The van der Waals surface area contributed by atoms with Crippen LogP contribution in [0.3, 0.4) is 0 Å². The van der Waals surface area contributed by atoms with Gasteiger partial charge in [0.15, 0.2) is 0 Å². The van der Waals surface area contributed by atoms with E-state index in [2.05, 4.69) is 0 Å². The molecule has 0 saturated heterocycles. The summed E-state index contributed by atoms with van der Waals surface area (Å²) in [4.78, 5) is 0. The highest BCUT2D eigenvalue weighted by atomic mass is 16.5. The van der Waals surface area contributed by atoms with Gasteiger partial charge < -0.3 is 14.9 Å². The van der Waals surface area contributed by atoms with Gasteiger partial charge in [0.1, 0.15) is 0 Å². The minimum Gasteiger partial charge on any atom is -0.394 e. The first kappa shape index (κ1) is 17.3. The van der Waals surface area contributed by atoms with Crippen LogP contribution in [-0.2, 0) is 4.74 Å². The molecule has 1 aliphatic carbocycles. The lowest BCUT2D eigenvalue weighted by molar-refractivity contribution is 0.0300. The Hall–Kier alpha value is -0.120. The predicted octanol–water partition coefficient (Wildman–Crippen LogP) is 2.35. The van der Waals surface area contributed by atoms with Gasteiger partial charge in [0, 0.05) is 0 Å². The summed E-state index contributed by atoms with van der Waals surface area (Å²) >= 11 is 0. The SMILES string of the molecule is C1CCC1.CC(C)OC(C)C.OCCO. The third-order valence-corrected chi connectivity index (χ3v) is 1.64. The number of rotatable bonds is 3. The number of hydrogen-bond donors (Lipinski definition) is 2. The summed E-state index contributed by atoms with van der Waals surface area (Å²) in [5.74, 6) is 0. The van der Waals surface area contributed by atoms with Gasteiger partial charge in [0.25, 0.3) is 0 Å². The fourth-order valence-electron chi connectivity index (χ4n) is 0.794. The van der Waals surface area contributed by atoms with Crippen molar-refractivity contribution in [2.24, 2.45) is 0 Å². The van der Waals surface area contributed by atoms with Gasteiger partial charge in [-0.3, -0.25) is 0 Å². The van der Waals surface area contributed by atoms with Crippen LogP contribution in [0, 0.1) is 0 Å². The van der Waals surface area contributed by atoms with Gasteiger partial charge in [0.05, 0.1) is 25.4 Å². The molecule has 0 aromatic carbocycles. The van der Waals surface area contributed by atoms with E-state index in [1.54, 1.807) is 0 Å². The lowest BCUT2D eigenvalue weighted by Gasteiger charge is -2.09. The Morgan fingerprint density at radius 2 is 1.07 bits per heavy atom. The predicted molar refractivity (Wildman–Crippen MR) is 64.0 cm³/mol. The molecule has 0 bridgehead atoms. The van der Waals surface area contributed by atoms with E-state index in [0.29, 0.717) is 12.2 Å². The monoisotopic (exact) mass is 220 g/mol. The first-order valence-corrected chi connectivity index (χ1v) is 5.91. The fourth-order valence-corrected chi connectivity index (χ4v) is 0.794. The molecule has 0 aromatic heterocycles. The molecule has 0 heterocycles. The summed E-state index contributed by atoms with van der Waals surface area (Å²) < 4.78 is 5.25. The van der Waals surface area contributed by atoms with Crippen molar-refractivity contribution in [3.05, 3.63) is 0 Å². The van der Waals surface area contributed by atoms with Crippen LogP contribution in [-0.4, -0.2) is 35.6 Å². The van der Waals surface area contributed by atoms with Gasteiger partial charge in [-0.25, -0.2) is 0 Å². The van der Waals surface area contributed by atoms with Gasteiger partial charge in [-0.15, -0.1) is 0 Å². The smallest absolute Gasteiger partial charge is 0.0662 e. The molecule has 0 amide bonds. The second kappa shape index (κ2) is 13.9. The molecule has 1 aliphatic rings. The second-order valence-corrected chi connectivity index (χ2v) is 4.10. The van der Waals surface area contributed by atoms with Gasteiger partial charge in [-0.2, -0.15) is 0 Å². The van der Waals surface area contributed by atoms with E-state index in [4.69, 9.17) is 14.9 Å². The molecular weight excluding hydrogens is 192 g/mol. The van der Waals surface area contributed by atoms with Crippen molar-refractivity contribution >= 4 is 0 Å². The molecule has 0 spiro atoms. The van der Waals surface area contributed by atoms with Crippen molar-refractivity contribution in [2.75, 3.05) is 13.2 Å². The summed E-state index contributed by atoms with van der Waals surface area (Å²) in [6, 6.07) is 0. The molecule has 0 radical (unpaired) electrons. The van der Waals surface area contributed by atoms with Crippen LogP contribution in [0.2, 0.25) is 0 Å². The minimum absolute atomic E-state index is 0.125. The average molecular weight is 220 g/mol. The zero-order valence-corrected chi connectivity index (χ0v) is 10.7. The lowest BCUT2D eigenvalue weighted by Crippen LogP contribution is -2.09. The maximum atomic E-state index is 7.62. The molecule has 1 saturated carbocycles. The fraction of sp³-hybridized carbons (Fsp3) is 1.00. The van der Waals surface area contributed by atoms with Crippen LogP contribution in [0.1, 0.15) is 53.4 Å². The van der Waals surface area contributed by atoms with E-state index < -0.39 is 0 Å². The normalized spacial score (nSPS) is 13.6. The first-order chi connectivity index (χ1) is 7.04. The number of aliphatic hydroxyl groups is 2. The average Bonchev–Trinajstić information content (AvgIpc) is 1.99. The Morgan fingerprint density at radius 3 is 1.07 bits per heavy atom. The number of ether oxygens (including phenoxy) is 1. The Bertz CT molecular complexity index is 87.0. The molecule has 94 valence electrons. The highest BCUT2D eigenvalue weighted by Crippen LogP contribution is 2.15. The summed E-state index contributed by atoms with van der Waals surface area (Å²) in [7, 11) is 0. The van der Waals surface area contributed by atoms with Crippen molar-refractivity contribution in [1.29, 1.82) is 0 Å². The number of hydrogen-bond acceptors (Lipinski definition) is 3. The zero-order valence-electron chi connectivity index (χ0n) is 10.7. The minimum atomic E-state index is -0.125. The number of aliphatic hydroxyl groups excluding tert-OH is 2. The molecule has 3 nitrogen and oxygen atoms in total. The highest BCUT2D eigenvalue weighted by Gasteiger charge is 1.95. The Balaban J connectivity index is 0. The van der Waals surface area contributed by atoms with E-state index in [1.165, 1.54) is 25.7 Å². The maximum Gasteiger partial charge on any atom is 0.0662 e. The Labute approximate surface area is 94.5 Å². The van der Waals surface area contributed by atoms with E-state index in [0.717, 1.165) is 0 Å². The van der Waals surface area contributed by atoms with Crippen LogP contribution in [0.15, 0.2) is 0 Å². The van der Waals surface area contributed by atoms with Crippen LogP contribution in [0.5, 0.6) is 0 Å². The summed E-state index contributed by atoms with van der Waals surface area (Å²) in [6.07, 6.45) is 6.75. The molecule has 0 aromatic rings. The van der Waals surface area contributed by atoms with Crippen LogP contribution < -0.4 is 0 Å². The largest absolute Gasteiger partial charge is 0.394 e. The quantitative estimate of drug-likeness (QED) is 0.767. The van der Waals surface area contributed by atoms with Crippen molar-refractivity contribution in [2.45, 2.75) is 65.6 Å². The van der Waals surface area contributed by atoms with Crippen molar-refractivity contribution in [3.63, 3.8) is 0 Å². The summed E-state index contributed by atoms with van der Waals surface area (Å²) in [5.41, 5.74) is 0. The first-order valence-electron chi connectivity index (χ1n) is 5.91. The van der Waals surface area contributed by atoms with Gasteiger partial charge in [-0.05, 0) is 27.7 Å². The standard InChI is InChI=1S/C6H14O.C4H8.C2H6O2/c1-5(2)7-6(3)4;1-2-4-3-1;3-1-2-4/h5-6H,1-4H3;1-4H2;3-4H,1-2H2. The molecule has 0 aliphatic heterocycles. The van der Waals surface area contributed by atoms with Crippen molar-refractivity contribution < 1.29 is 14.9 Å². The summed E-state index contributed by atoms with van der Waals surface area (Å²) in [5, 5.41) is 15.2. The summed E-state index contributed by atoms with van der Waals surface area (Å²) in [6.45, 7) is 7.92. The Morgan fingerprint density at radius 1 is 0.800 bits per heavy atom. The van der Waals surface area contributed by atoms with Gasteiger partial charge in [-0.1, -0.05) is 25.7 Å². The van der Waals surface area contributed by atoms with E-state index in [9.17, 15) is 0 Å². The molecule has 0 atom stereocenters. The lowest BCUT2D eigenvalue weighted by atomic mass is 10.0.